The molecule has 0 fully saturated rings. The van der Waals surface area contributed by atoms with Gasteiger partial charge in [0.1, 0.15) is 11.8 Å². The second kappa shape index (κ2) is 12.0. The van der Waals surface area contributed by atoms with Crippen molar-refractivity contribution >= 4 is 17.8 Å². The summed E-state index contributed by atoms with van der Waals surface area (Å²) >= 11 is 0. The number of carbonyl (C=O) groups is 3. The van der Waals surface area contributed by atoms with Gasteiger partial charge in [0.05, 0.1) is 24.7 Å². The maximum atomic E-state index is 12.4. The molecule has 0 heterocycles. The molecule has 1 rings (SSSR count). The summed E-state index contributed by atoms with van der Waals surface area (Å²) < 4.78 is 0. The number of quaternary nitrogens is 2. The fraction of sp³-hybridized carbons (Fsp3) is 0.526. The second-order valence-corrected chi connectivity index (χ2v) is 7.02. The zero-order chi connectivity index (χ0) is 22.0. The first-order valence-electron chi connectivity index (χ1n) is 9.55. The normalized spacial score (nSPS) is 15.0. The quantitative estimate of drug-likeness (QED) is 0.190. The van der Waals surface area contributed by atoms with Gasteiger partial charge < -0.3 is 42.2 Å². The molecule has 29 heavy (non-hydrogen) atoms. The number of carbonyl (C=O) groups excluding carboxylic acids is 3. The maximum Gasteiger partial charge on any atom is 0.279 e. The molecule has 2 amide bonds. The molecule has 4 atom stereocenters. The van der Waals surface area contributed by atoms with Gasteiger partial charge in [-0.1, -0.05) is 12.1 Å². The van der Waals surface area contributed by atoms with Crippen LogP contribution in [0, 0.1) is 0 Å². The number of amides is 2. The number of hydrogen-bond donors (Lipinski definition) is 6. The number of aliphatic carboxylic acids is 1. The minimum Gasteiger partial charge on any atom is -0.548 e. The molecule has 1 aromatic carbocycles. The van der Waals surface area contributed by atoms with Crippen LogP contribution in [0.1, 0.15) is 31.7 Å². The zero-order valence-electron chi connectivity index (χ0n) is 16.6. The van der Waals surface area contributed by atoms with E-state index in [2.05, 4.69) is 22.1 Å². The van der Waals surface area contributed by atoms with Crippen molar-refractivity contribution in [2.24, 2.45) is 0 Å². The molecule has 0 aliphatic heterocycles. The van der Waals surface area contributed by atoms with E-state index in [0.29, 0.717) is 19.4 Å². The average Bonchev–Trinajstić information content (AvgIpc) is 2.66. The lowest BCUT2D eigenvalue weighted by atomic mass is 10.0. The van der Waals surface area contributed by atoms with Crippen LogP contribution < -0.4 is 27.2 Å². The van der Waals surface area contributed by atoms with Gasteiger partial charge in [-0.15, -0.1) is 0 Å². The summed E-state index contributed by atoms with van der Waals surface area (Å²) in [5.41, 5.74) is 8.20. The van der Waals surface area contributed by atoms with Crippen molar-refractivity contribution in [2.45, 2.75) is 56.8 Å². The number of hydrogen-bond acceptors (Lipinski definition) is 6. The number of unbranched alkanes of at least 4 members (excludes halogenated alkanes) is 1. The minimum absolute atomic E-state index is 0.0994. The van der Waals surface area contributed by atoms with Gasteiger partial charge in [-0.3, -0.25) is 9.59 Å². The summed E-state index contributed by atoms with van der Waals surface area (Å²) in [6.45, 7) is 1.96. The fourth-order valence-corrected chi connectivity index (χ4v) is 2.72. The van der Waals surface area contributed by atoms with Crippen molar-refractivity contribution in [1.82, 2.24) is 10.6 Å². The van der Waals surface area contributed by atoms with Crippen molar-refractivity contribution in [3.63, 3.8) is 0 Å². The third-order valence-corrected chi connectivity index (χ3v) is 4.45. The molecule has 0 aromatic heterocycles. The van der Waals surface area contributed by atoms with Crippen LogP contribution in [0.4, 0.5) is 0 Å². The highest BCUT2D eigenvalue weighted by molar-refractivity contribution is 5.91. The van der Waals surface area contributed by atoms with Crippen molar-refractivity contribution in [2.75, 3.05) is 6.54 Å². The maximum absolute atomic E-state index is 12.4. The van der Waals surface area contributed by atoms with Crippen LogP contribution in [-0.2, 0) is 20.8 Å². The van der Waals surface area contributed by atoms with Gasteiger partial charge in [0.2, 0.25) is 5.91 Å². The van der Waals surface area contributed by atoms with Gasteiger partial charge in [0.25, 0.3) is 5.91 Å². The summed E-state index contributed by atoms with van der Waals surface area (Å²) in [6.07, 6.45) is 0.427. The molecule has 0 aliphatic carbocycles. The standard InChI is InChI=1S/C19H30N4O6/c1-11(24)16(18(27)22-15(19(28)29)4-2-3-9-20)23-17(26)14(21)10-12-5-7-13(25)8-6-12/h5-8,11,14-16,24-25H,2-4,9-10,20-21H2,1H3,(H,22,27)(H,23,26)(H,28,29)/p+1/t11-,14+,15+,16+/m1/s1. The number of benzene rings is 1. The van der Waals surface area contributed by atoms with E-state index in [-0.39, 0.29) is 18.6 Å². The van der Waals surface area contributed by atoms with Crippen LogP contribution in [0.15, 0.2) is 24.3 Å². The SMILES string of the molecule is C[C@@H](O)[C@H](NC(=O)[C@@H]([NH3+])Cc1ccc(O)cc1)C(=O)N[C@@H](CCCC[NH3+])C(=O)[O-]. The fourth-order valence-electron chi connectivity index (χ4n) is 2.72. The van der Waals surface area contributed by atoms with Crippen LogP contribution in [-0.4, -0.2) is 58.8 Å². The number of nitrogens with one attached hydrogen (secondary N) is 2. The van der Waals surface area contributed by atoms with E-state index in [1.807, 2.05) is 0 Å². The van der Waals surface area contributed by atoms with Gasteiger partial charge in [-0.25, -0.2) is 0 Å². The van der Waals surface area contributed by atoms with Gasteiger partial charge in [-0.05, 0) is 43.9 Å². The van der Waals surface area contributed by atoms with Crippen molar-refractivity contribution < 1.29 is 41.2 Å². The first-order valence-corrected chi connectivity index (χ1v) is 9.55. The lowest BCUT2D eigenvalue weighted by Crippen LogP contribution is -2.70. The summed E-state index contributed by atoms with van der Waals surface area (Å²) in [4.78, 5) is 36.1. The monoisotopic (exact) mass is 411 g/mol. The highest BCUT2D eigenvalue weighted by Gasteiger charge is 2.30. The van der Waals surface area contributed by atoms with Crippen molar-refractivity contribution in [1.29, 1.82) is 0 Å². The van der Waals surface area contributed by atoms with E-state index in [4.69, 9.17) is 0 Å². The first-order chi connectivity index (χ1) is 13.6. The molecule has 10 nitrogen and oxygen atoms in total. The molecule has 0 saturated heterocycles. The topological polar surface area (TPSA) is 194 Å². The summed E-state index contributed by atoms with van der Waals surface area (Å²) in [5.74, 6) is -2.71. The number of aliphatic hydroxyl groups is 1. The predicted molar refractivity (Wildman–Crippen MR) is 101 cm³/mol. The molecular formula is C19H31N4O6+. The summed E-state index contributed by atoms with van der Waals surface area (Å²) in [6, 6.07) is 2.95. The molecule has 162 valence electrons. The lowest BCUT2D eigenvalue weighted by Gasteiger charge is -2.26. The van der Waals surface area contributed by atoms with Gasteiger partial charge in [0.15, 0.2) is 6.04 Å². The molecule has 10 heteroatoms. The number of rotatable bonds is 12. The second-order valence-electron chi connectivity index (χ2n) is 7.02. The number of phenols is 1. The number of carboxylic acids is 1. The van der Waals surface area contributed by atoms with Crippen molar-refractivity contribution in [3.8, 4) is 5.75 Å². The zero-order valence-corrected chi connectivity index (χ0v) is 16.6. The Morgan fingerprint density at radius 3 is 2.24 bits per heavy atom. The Morgan fingerprint density at radius 2 is 1.72 bits per heavy atom. The smallest absolute Gasteiger partial charge is 0.279 e. The highest BCUT2D eigenvalue weighted by Crippen LogP contribution is 2.11. The summed E-state index contributed by atoms with van der Waals surface area (Å²) in [5, 5.41) is 35.2. The third-order valence-electron chi connectivity index (χ3n) is 4.45. The van der Waals surface area contributed by atoms with Crippen LogP contribution >= 0.6 is 0 Å². The first kappa shape index (κ1) is 24.3. The van der Waals surface area contributed by atoms with E-state index >= 15 is 0 Å². The number of carboxylic acid groups (broad SMARTS) is 1. The molecule has 0 spiro atoms. The van der Waals surface area contributed by atoms with Crippen LogP contribution in [0.25, 0.3) is 0 Å². The Hall–Kier alpha value is -2.69. The Bertz CT molecular complexity index is 680. The number of aliphatic hydroxyl groups excluding tert-OH is 1. The van der Waals surface area contributed by atoms with Crippen LogP contribution in [0.2, 0.25) is 0 Å². The highest BCUT2D eigenvalue weighted by atomic mass is 16.4. The minimum atomic E-state index is -1.43. The lowest BCUT2D eigenvalue weighted by molar-refractivity contribution is -0.403. The Labute approximate surface area is 169 Å². The van der Waals surface area contributed by atoms with Crippen LogP contribution in [0.5, 0.6) is 5.75 Å². The Morgan fingerprint density at radius 1 is 1.10 bits per heavy atom. The molecule has 0 saturated carbocycles. The average molecular weight is 411 g/mol. The molecule has 0 unspecified atom stereocenters. The number of aromatic hydroxyl groups is 1. The predicted octanol–water partition coefficient (Wildman–Crippen LogP) is -3.94. The molecule has 0 bridgehead atoms. The largest absolute Gasteiger partial charge is 0.548 e. The molecule has 10 N–H and O–H groups in total. The van der Waals surface area contributed by atoms with E-state index in [0.717, 1.165) is 5.56 Å². The van der Waals surface area contributed by atoms with Crippen LogP contribution in [0.3, 0.4) is 0 Å². The summed E-state index contributed by atoms with van der Waals surface area (Å²) in [7, 11) is 0. The van der Waals surface area contributed by atoms with E-state index in [1.54, 1.807) is 12.1 Å². The van der Waals surface area contributed by atoms with Gasteiger partial charge in [0, 0.05) is 6.42 Å². The van der Waals surface area contributed by atoms with E-state index in [1.165, 1.54) is 19.1 Å². The molecular weight excluding hydrogens is 380 g/mol. The number of phenolic OH excluding ortho intramolecular Hbond substituents is 1. The molecule has 0 aliphatic rings. The molecule has 1 aromatic rings. The Kier molecular flexibility index (Phi) is 10.1. The van der Waals surface area contributed by atoms with E-state index < -0.39 is 42.0 Å². The molecule has 0 radical (unpaired) electrons. The Balaban J connectivity index is 2.71. The van der Waals surface area contributed by atoms with E-state index in [9.17, 15) is 29.7 Å². The van der Waals surface area contributed by atoms with Gasteiger partial charge in [-0.2, -0.15) is 0 Å². The third kappa shape index (κ3) is 8.46. The van der Waals surface area contributed by atoms with Gasteiger partial charge >= 0.3 is 0 Å². The van der Waals surface area contributed by atoms with Crippen molar-refractivity contribution in [3.05, 3.63) is 29.8 Å².